The van der Waals surface area contributed by atoms with E-state index in [-0.39, 0.29) is 5.92 Å². The third-order valence-corrected chi connectivity index (χ3v) is 5.73. The van der Waals surface area contributed by atoms with Crippen LogP contribution in [-0.2, 0) is 4.79 Å². The van der Waals surface area contributed by atoms with Gasteiger partial charge in [0.15, 0.2) is 0 Å². The van der Waals surface area contributed by atoms with Crippen LogP contribution in [0.5, 0.6) is 0 Å². The van der Waals surface area contributed by atoms with Crippen LogP contribution < -0.4 is 5.73 Å². The van der Waals surface area contributed by atoms with Crippen molar-refractivity contribution in [1.82, 2.24) is 9.80 Å². The SMILES string of the molecule is CC1CC(C(=O)N2CCN3CCCCC3C2)CCC1N. The maximum atomic E-state index is 12.7. The highest BCUT2D eigenvalue weighted by Gasteiger charge is 2.36. The number of rotatable bonds is 1. The first-order valence-electron chi connectivity index (χ1n) is 8.43. The number of carbonyl (C=O) groups is 1. The molecule has 2 aliphatic heterocycles. The molecule has 0 aromatic heterocycles. The Morgan fingerprint density at radius 3 is 2.75 bits per heavy atom. The van der Waals surface area contributed by atoms with E-state index in [9.17, 15) is 4.79 Å². The van der Waals surface area contributed by atoms with E-state index in [4.69, 9.17) is 5.73 Å². The molecule has 1 saturated carbocycles. The summed E-state index contributed by atoms with van der Waals surface area (Å²) in [6, 6.07) is 0.930. The van der Waals surface area contributed by atoms with Crippen molar-refractivity contribution in [3.63, 3.8) is 0 Å². The van der Waals surface area contributed by atoms with Gasteiger partial charge in [-0.2, -0.15) is 0 Å². The molecule has 20 heavy (non-hydrogen) atoms. The normalized spacial score (nSPS) is 39.4. The molecule has 0 aromatic rings. The number of piperidine rings is 1. The van der Waals surface area contributed by atoms with Crippen molar-refractivity contribution in [1.29, 1.82) is 0 Å². The van der Waals surface area contributed by atoms with Crippen molar-refractivity contribution >= 4 is 5.91 Å². The monoisotopic (exact) mass is 279 g/mol. The minimum absolute atomic E-state index is 0.236. The van der Waals surface area contributed by atoms with E-state index in [0.717, 1.165) is 38.9 Å². The Morgan fingerprint density at radius 1 is 1.10 bits per heavy atom. The fourth-order valence-corrected chi connectivity index (χ4v) is 4.26. The Balaban J connectivity index is 1.57. The second kappa shape index (κ2) is 6.02. The first-order chi connectivity index (χ1) is 9.65. The van der Waals surface area contributed by atoms with E-state index in [0.29, 0.717) is 23.9 Å². The van der Waals surface area contributed by atoms with E-state index in [1.54, 1.807) is 0 Å². The molecule has 0 spiro atoms. The highest BCUT2D eigenvalue weighted by Crippen LogP contribution is 2.30. The number of nitrogens with zero attached hydrogens (tertiary/aromatic N) is 2. The number of hydrogen-bond acceptors (Lipinski definition) is 3. The van der Waals surface area contributed by atoms with Crippen LogP contribution in [0.25, 0.3) is 0 Å². The van der Waals surface area contributed by atoms with Crippen molar-refractivity contribution < 1.29 is 4.79 Å². The summed E-state index contributed by atoms with van der Waals surface area (Å²) in [6.45, 7) is 6.42. The standard InChI is InChI=1S/C16H29N3O/c1-12-10-13(5-6-15(12)17)16(20)19-9-8-18-7-3-2-4-14(18)11-19/h12-15H,2-11,17H2,1H3. The summed E-state index contributed by atoms with van der Waals surface area (Å²) in [6.07, 6.45) is 6.94. The van der Waals surface area contributed by atoms with Crippen LogP contribution in [0.3, 0.4) is 0 Å². The fourth-order valence-electron chi connectivity index (χ4n) is 4.26. The van der Waals surface area contributed by atoms with Crippen molar-refractivity contribution in [3.05, 3.63) is 0 Å². The summed E-state index contributed by atoms with van der Waals surface area (Å²) in [5.74, 6) is 1.14. The van der Waals surface area contributed by atoms with Gasteiger partial charge in [0.25, 0.3) is 0 Å². The van der Waals surface area contributed by atoms with Gasteiger partial charge in [0.05, 0.1) is 0 Å². The molecule has 0 radical (unpaired) electrons. The minimum atomic E-state index is 0.236. The van der Waals surface area contributed by atoms with Gasteiger partial charge >= 0.3 is 0 Å². The van der Waals surface area contributed by atoms with Gasteiger partial charge in [-0.1, -0.05) is 13.3 Å². The van der Waals surface area contributed by atoms with Gasteiger partial charge < -0.3 is 10.6 Å². The number of amides is 1. The predicted molar refractivity (Wildman–Crippen MR) is 80.3 cm³/mol. The first kappa shape index (κ1) is 14.3. The third kappa shape index (κ3) is 2.86. The highest BCUT2D eigenvalue weighted by molar-refractivity contribution is 5.79. The Bertz CT molecular complexity index is 360. The molecule has 2 saturated heterocycles. The fraction of sp³-hybridized carbons (Fsp3) is 0.938. The molecular weight excluding hydrogens is 250 g/mol. The molecule has 1 amide bonds. The van der Waals surface area contributed by atoms with Crippen LogP contribution in [0.1, 0.15) is 45.4 Å². The molecule has 4 atom stereocenters. The number of hydrogen-bond donors (Lipinski definition) is 1. The zero-order valence-corrected chi connectivity index (χ0v) is 12.8. The van der Waals surface area contributed by atoms with Crippen LogP contribution in [0.2, 0.25) is 0 Å². The third-order valence-electron chi connectivity index (χ3n) is 5.73. The topological polar surface area (TPSA) is 49.6 Å². The van der Waals surface area contributed by atoms with Gasteiger partial charge in [-0.05, 0) is 44.6 Å². The van der Waals surface area contributed by atoms with E-state index in [2.05, 4.69) is 16.7 Å². The average Bonchev–Trinajstić information content (AvgIpc) is 2.49. The van der Waals surface area contributed by atoms with E-state index >= 15 is 0 Å². The Labute approximate surface area is 122 Å². The number of nitrogens with two attached hydrogens (primary N) is 1. The molecule has 3 aliphatic rings. The highest BCUT2D eigenvalue weighted by atomic mass is 16.2. The maximum Gasteiger partial charge on any atom is 0.225 e. The largest absolute Gasteiger partial charge is 0.340 e. The second-order valence-electron chi connectivity index (χ2n) is 7.12. The number of piperazine rings is 1. The van der Waals surface area contributed by atoms with Crippen LogP contribution in [0, 0.1) is 11.8 Å². The molecule has 4 nitrogen and oxygen atoms in total. The summed E-state index contributed by atoms with van der Waals surface area (Å²) in [5, 5.41) is 0. The molecule has 3 rings (SSSR count). The van der Waals surface area contributed by atoms with Crippen molar-refractivity contribution in [3.8, 4) is 0 Å². The number of fused-ring (bicyclic) bond motifs is 1. The van der Waals surface area contributed by atoms with Gasteiger partial charge in [-0.25, -0.2) is 0 Å². The molecule has 4 heteroatoms. The van der Waals surface area contributed by atoms with Crippen LogP contribution in [0.4, 0.5) is 0 Å². The Kier molecular flexibility index (Phi) is 4.32. The van der Waals surface area contributed by atoms with Crippen molar-refractivity contribution in [2.24, 2.45) is 17.6 Å². The summed E-state index contributed by atoms with van der Waals surface area (Å²) in [5.41, 5.74) is 6.07. The summed E-state index contributed by atoms with van der Waals surface area (Å²) < 4.78 is 0. The molecular formula is C16H29N3O. The molecule has 1 aliphatic carbocycles. The molecule has 0 bridgehead atoms. The zero-order chi connectivity index (χ0) is 14.1. The van der Waals surface area contributed by atoms with Crippen molar-refractivity contribution in [2.75, 3.05) is 26.2 Å². The summed E-state index contributed by atoms with van der Waals surface area (Å²) in [7, 11) is 0. The maximum absolute atomic E-state index is 12.7. The smallest absolute Gasteiger partial charge is 0.225 e. The van der Waals surface area contributed by atoms with Crippen molar-refractivity contribution in [2.45, 2.75) is 57.5 Å². The second-order valence-corrected chi connectivity index (χ2v) is 7.12. The lowest BCUT2D eigenvalue weighted by atomic mass is 9.78. The molecule has 3 fully saturated rings. The molecule has 0 aromatic carbocycles. The number of carbonyl (C=O) groups excluding carboxylic acids is 1. The van der Waals surface area contributed by atoms with E-state index in [1.807, 2.05) is 0 Å². The quantitative estimate of drug-likeness (QED) is 0.790. The lowest BCUT2D eigenvalue weighted by molar-refractivity contribution is -0.140. The minimum Gasteiger partial charge on any atom is -0.340 e. The molecule has 2 heterocycles. The summed E-state index contributed by atoms with van der Waals surface area (Å²) >= 11 is 0. The zero-order valence-electron chi connectivity index (χ0n) is 12.8. The van der Waals surface area contributed by atoms with E-state index < -0.39 is 0 Å². The van der Waals surface area contributed by atoms with Crippen LogP contribution in [-0.4, -0.2) is 54.0 Å². The van der Waals surface area contributed by atoms with Gasteiger partial charge in [0.1, 0.15) is 0 Å². The molecule has 114 valence electrons. The lowest BCUT2D eigenvalue weighted by Crippen LogP contribution is -2.57. The average molecular weight is 279 g/mol. The first-order valence-corrected chi connectivity index (χ1v) is 8.43. The molecule has 2 N–H and O–H groups in total. The summed E-state index contributed by atoms with van der Waals surface area (Å²) in [4.78, 5) is 17.5. The predicted octanol–water partition coefficient (Wildman–Crippen LogP) is 1.45. The molecule has 4 unspecified atom stereocenters. The lowest BCUT2D eigenvalue weighted by Gasteiger charge is -2.45. The van der Waals surface area contributed by atoms with Gasteiger partial charge in [-0.3, -0.25) is 9.69 Å². The van der Waals surface area contributed by atoms with Gasteiger partial charge in [-0.15, -0.1) is 0 Å². The Morgan fingerprint density at radius 2 is 1.95 bits per heavy atom. The van der Waals surface area contributed by atoms with Gasteiger partial charge in [0.2, 0.25) is 5.91 Å². The van der Waals surface area contributed by atoms with Gasteiger partial charge in [0, 0.05) is 37.6 Å². The van der Waals surface area contributed by atoms with Crippen LogP contribution >= 0.6 is 0 Å². The van der Waals surface area contributed by atoms with E-state index in [1.165, 1.54) is 25.8 Å². The van der Waals surface area contributed by atoms with Crippen LogP contribution in [0.15, 0.2) is 0 Å². The Hall–Kier alpha value is -0.610.